The first-order valence-electron chi connectivity index (χ1n) is 34.6. The van der Waals surface area contributed by atoms with E-state index in [0.29, 0.717) is 56.9 Å². The van der Waals surface area contributed by atoms with Crippen LogP contribution in [0.15, 0.2) is 36.0 Å². The number of hydrogen-bond donors (Lipinski definition) is 8. The molecule has 3 aliphatic heterocycles. The van der Waals surface area contributed by atoms with Gasteiger partial charge in [-0.05, 0) is 255 Å². The van der Waals surface area contributed by atoms with Crippen LogP contribution in [0.3, 0.4) is 0 Å². The van der Waals surface area contributed by atoms with Gasteiger partial charge in [0.05, 0.1) is 24.4 Å². The van der Waals surface area contributed by atoms with Gasteiger partial charge in [0.1, 0.15) is 17.9 Å². The number of nitrogens with one attached hydrogen (secondary N) is 1. The normalized spacial score (nSPS) is 22.9. The molecule has 0 aromatic carbocycles. The Labute approximate surface area is 721 Å². The minimum absolute atomic E-state index is 0. The molecule has 4 rings (SSSR count). The molecule has 14 atom stereocenters. The first-order valence-corrected chi connectivity index (χ1v) is 34.6. The van der Waals surface area contributed by atoms with Gasteiger partial charge in [-0.2, -0.15) is 0 Å². The minimum atomic E-state index is -2.55. The third-order valence-electron chi connectivity index (χ3n) is 16.1. The number of rotatable bonds is 18. The number of hydrogen-bond acceptors (Lipinski definition) is 26. The maximum atomic E-state index is 14.3. The number of Topliss-reactive ketones (excluding diaryl/α,β-unsaturated/α-hetero) is 2. The lowest BCUT2D eigenvalue weighted by molar-refractivity contribution is -0.808. The number of allylic oxidation sites excluding steroid dienone is 4. The summed E-state index contributed by atoms with van der Waals surface area (Å²) in [7, 11) is 1.49. The van der Waals surface area contributed by atoms with Gasteiger partial charge in [-0.1, -0.05) is 66.4 Å². The number of aliphatic hydroxyl groups excluding tert-OH is 4. The van der Waals surface area contributed by atoms with E-state index < -0.39 is 83.7 Å². The van der Waals surface area contributed by atoms with E-state index >= 15 is 0 Å². The summed E-state index contributed by atoms with van der Waals surface area (Å²) < 4.78 is 18.3. The van der Waals surface area contributed by atoms with Crippen LogP contribution in [0.25, 0.3) is 0 Å². The summed E-state index contributed by atoms with van der Waals surface area (Å²) in [6.07, 6.45) is 5.28. The number of amides is 1. The van der Waals surface area contributed by atoms with Crippen molar-refractivity contribution in [2.45, 2.75) is 161 Å². The fraction of sp³-hybridized carbons (Fsp3) is 0.409. The largest absolute Gasteiger partial charge is 0.456 e. The first-order chi connectivity index (χ1) is 55.8. The topological polar surface area (TPSA) is 386 Å². The molecule has 1 aliphatic carbocycles. The minimum Gasteiger partial charge on any atom is -0.456 e. The van der Waals surface area contributed by atoms with Crippen molar-refractivity contribution in [3.63, 3.8) is 0 Å². The van der Waals surface area contributed by atoms with Crippen molar-refractivity contribution in [3.05, 3.63) is 36.0 Å². The number of carbonyl (C=O) groups excluding carboxylic acids is 4. The van der Waals surface area contributed by atoms with Crippen molar-refractivity contribution < 1.29 is 174 Å². The zero-order valence-electron chi connectivity index (χ0n) is 64.3. The zero-order valence-corrected chi connectivity index (χ0v) is 64.3. The molecule has 0 spiro atoms. The zero-order chi connectivity index (χ0) is 84.4. The van der Waals surface area contributed by atoms with E-state index in [2.05, 4.69) is 311 Å². The fourth-order valence-corrected chi connectivity index (χ4v) is 11.1. The molecule has 4 aliphatic rings. The third-order valence-corrected chi connectivity index (χ3v) is 16.1. The SMILES string of the molecule is C=CC[C@@H]1/C=C(\C)C[C@H](C)C[C@H](OC)[C@H]2O[C@@](O)(C(=O)C(=O)N3CCCC[C@H]3C(=O)O[C@H](/C(C)=C/[C@@H]3CC[C@@H](O)[C@H](CO)C3)[C@H](C)[C@@H](O)CC1=O)[C@H](C)C[C@@H]2CO.CC#CC#CC#CC#CC#CC#CC#CC#CC#CC#CC#CC#CC#CC#CC#CC#CC#CC#CC#CC#CC#CC.O.OOOOOONOOOOOOO.[HH].[HH].[HH].[HH].[HH].[HH].[HH].[HH].[HH].[HH].[HH].[HH].[HH].[HH].[HH].[HH].[HH].[HH].[HH].[HH].[HH].[HH].[HH].[HH].[HH].[HH].[HH].[HH].[HH].[HH].[HH]. The Kier molecular flexibility index (Phi) is 56.7. The molecule has 1 saturated carbocycles. The molecule has 28 nitrogen and oxygen atoms in total. The van der Waals surface area contributed by atoms with Gasteiger partial charge in [0.2, 0.25) is 5.79 Å². The van der Waals surface area contributed by atoms with E-state index in [-0.39, 0.29) is 112 Å². The lowest BCUT2D eigenvalue weighted by atomic mass is 9.78. The smallest absolute Gasteiger partial charge is 0.329 e. The van der Waals surface area contributed by atoms with Crippen LogP contribution in [-0.2, 0) is 88.7 Å². The van der Waals surface area contributed by atoms with Crippen molar-refractivity contribution in [2.24, 2.45) is 41.4 Å². The van der Waals surface area contributed by atoms with E-state index in [0.717, 1.165) is 10.5 Å². The van der Waals surface area contributed by atoms with Crippen LogP contribution in [0.1, 0.15) is 163 Å². The van der Waals surface area contributed by atoms with Gasteiger partial charge in [0, 0.05) is 249 Å². The van der Waals surface area contributed by atoms with Crippen LogP contribution in [0, 0.1) is 290 Å². The number of ketones is 2. The number of cyclic esters (lactones) is 1. The van der Waals surface area contributed by atoms with Crippen molar-refractivity contribution in [1.29, 1.82) is 0 Å². The number of esters is 1. The second-order valence-electron chi connectivity index (χ2n) is 24.0. The molecule has 2 saturated heterocycles. The fourth-order valence-electron chi connectivity index (χ4n) is 11.1. The Hall–Kier alpha value is -12.6. The van der Waals surface area contributed by atoms with Crippen molar-refractivity contribution in [2.75, 3.05) is 26.9 Å². The van der Waals surface area contributed by atoms with Crippen molar-refractivity contribution in [1.82, 2.24) is 10.5 Å². The van der Waals surface area contributed by atoms with E-state index in [4.69, 9.17) is 24.7 Å². The summed E-state index contributed by atoms with van der Waals surface area (Å²) in [5.41, 5.74) is 2.92. The number of carbonyl (C=O) groups is 4. The highest BCUT2D eigenvalue weighted by Crippen LogP contribution is 2.41. The number of fused-ring (bicyclic) bond motifs is 3. The molecule has 10 N–H and O–H groups in total. The van der Waals surface area contributed by atoms with Crippen molar-refractivity contribution in [3.8, 4) is 249 Å². The molecule has 2 bridgehead atoms. The maximum Gasteiger partial charge on any atom is 0.329 e. The van der Waals surface area contributed by atoms with Crippen LogP contribution in [-0.4, -0.2) is 139 Å². The summed E-state index contributed by atoms with van der Waals surface area (Å²) in [5.74, 6) is 96.7. The predicted octanol–water partition coefficient (Wildman–Crippen LogP) is 10.5. The summed E-state index contributed by atoms with van der Waals surface area (Å²) >= 11 is 0. The number of nitrogens with zero attached hydrogens (tertiary/aromatic N) is 1. The molecule has 660 valence electrons. The van der Waals surface area contributed by atoms with Crippen LogP contribution in [0.2, 0.25) is 0 Å². The second-order valence-corrected chi connectivity index (χ2v) is 24.0. The van der Waals surface area contributed by atoms with Gasteiger partial charge in [0.25, 0.3) is 11.7 Å². The molecule has 3 heterocycles. The summed E-state index contributed by atoms with van der Waals surface area (Å²) in [6.45, 7) is 15.9. The van der Waals surface area contributed by atoms with E-state index in [1.165, 1.54) is 12.8 Å². The highest BCUT2D eigenvalue weighted by molar-refractivity contribution is 6.39. The first kappa shape index (κ1) is 101. The highest BCUT2D eigenvalue weighted by atomic mass is 17.9. The predicted molar refractivity (Wildman–Crippen MR) is 476 cm³/mol. The van der Waals surface area contributed by atoms with Crippen LogP contribution >= 0.6 is 0 Å². The lowest BCUT2D eigenvalue weighted by Gasteiger charge is -2.47. The molecule has 1 amide bonds. The highest BCUT2D eigenvalue weighted by Gasteiger charge is 2.56. The van der Waals surface area contributed by atoms with Crippen molar-refractivity contribution >= 4 is 23.4 Å². The molecular formula is C88H142N2O26. The Morgan fingerprint density at radius 1 is 0.586 bits per heavy atom. The molecule has 3 fully saturated rings. The molecule has 0 radical (unpaired) electrons. The molecule has 28 heteroatoms. The Morgan fingerprint density at radius 2 is 1.01 bits per heavy atom. The Morgan fingerprint density at radius 3 is 1.41 bits per heavy atom. The molecule has 0 unspecified atom stereocenters. The molecule has 116 heavy (non-hydrogen) atoms. The van der Waals surface area contributed by atoms with Gasteiger partial charge in [-0.25, -0.2) is 15.3 Å². The Bertz CT molecular complexity index is 4800. The summed E-state index contributed by atoms with van der Waals surface area (Å²) in [4.78, 5) is 65.0. The standard InChI is InChI=1S/C44H69NO12.C44H6.H3NO13.H2O.31H2/c1-8-11-31-17-25(2)16-26(3)18-38(55-7)40-33(24-47)20-28(5)44(54,57-40)41(51)42(52)45-15-10-9-12-34(45)43(53)56-39(29(6)36(49)22-37(31)50)27(4)19-30-13-14-35(48)32(21-30)23-46;1-3-5-7-9-11-13-15-17-19-21-23-25-27-29-31-33-35-37-39-41-43-44-42-40-38-36-34-32-30-28-26-24-22-20-18-16-14-12-10-8-6-4-2;2-6-10-12-8-4-1-5-9-13-14-11-7-3;;;;;;;;;;;;;;;;;;;;;;;;;;;;;;;;/h8,17,19,26,28-36,38-40,46-49,54H,1,9-16,18,20-24H2,2-7H3;1-2H3;1-3H;1H2;31*1H/b25-17+,27-19+;;;;;;;;;;;;;;;;;;;;;;;;;;;;;;;;;;/t26-,28+,29+,30-,31+,32-,33+,34-,35+,36-,38-,39+,40-,44+;;;;;;;;;;;;;;;;;;;;;;;;;;;;;;;;;;/m0................................../s1. The number of methoxy groups -OCH3 is 1. The van der Waals surface area contributed by atoms with Crippen LogP contribution in [0.5, 0.6) is 0 Å². The van der Waals surface area contributed by atoms with E-state index in [1.807, 2.05) is 26.0 Å². The van der Waals surface area contributed by atoms with E-state index in [9.17, 15) is 44.7 Å². The number of ether oxygens (including phenoxy) is 3. The van der Waals surface area contributed by atoms with E-state index in [1.54, 1.807) is 40.7 Å². The second kappa shape index (κ2) is 64.9. The van der Waals surface area contributed by atoms with Gasteiger partial charge >= 0.3 is 5.97 Å². The molecular weight excluding hydrogens is 1500 g/mol. The van der Waals surface area contributed by atoms with Crippen LogP contribution in [0.4, 0.5) is 0 Å². The quantitative estimate of drug-likeness (QED) is 0.0120. The number of aliphatic hydroxyl groups is 5. The number of piperidine rings is 1. The lowest BCUT2D eigenvalue weighted by Crippen LogP contribution is -2.63. The molecule has 0 aromatic heterocycles. The monoisotopic (exact) mass is 1640 g/mol. The average molecular weight is 1640 g/mol. The van der Waals surface area contributed by atoms with Gasteiger partial charge < -0.3 is 50.1 Å². The van der Waals surface area contributed by atoms with Gasteiger partial charge in [-0.3, -0.25) is 14.4 Å². The Balaban J connectivity index is -0.0000000473. The summed E-state index contributed by atoms with van der Waals surface area (Å²) in [5, 5.41) is 98.7. The molecule has 0 aromatic rings. The van der Waals surface area contributed by atoms with Gasteiger partial charge in [0.15, 0.2) is 0 Å². The summed E-state index contributed by atoms with van der Waals surface area (Å²) in [6, 6.07) is -1.17. The van der Waals surface area contributed by atoms with Gasteiger partial charge in [-0.15, -0.1) is 6.58 Å². The maximum absolute atomic E-state index is 14.3. The third kappa shape index (κ3) is 43.4. The average Bonchev–Trinajstić information content (AvgIpc) is 0.833. The van der Waals surface area contributed by atoms with Crippen LogP contribution < -0.4 is 5.64 Å².